The van der Waals surface area contributed by atoms with Crippen molar-refractivity contribution >= 4 is 28.6 Å². The van der Waals surface area contributed by atoms with Gasteiger partial charge in [-0.05, 0) is 37.6 Å². The topological polar surface area (TPSA) is 51.7 Å². The summed E-state index contributed by atoms with van der Waals surface area (Å²) in [6.07, 6.45) is 2.80. The van der Waals surface area contributed by atoms with Crippen molar-refractivity contribution in [3.8, 4) is 9.88 Å². The van der Waals surface area contributed by atoms with E-state index >= 15 is 0 Å². The summed E-state index contributed by atoms with van der Waals surface area (Å²) in [5.74, 6) is 0.0663. The number of hydrogen-bond acceptors (Lipinski definition) is 6. The van der Waals surface area contributed by atoms with E-state index in [2.05, 4.69) is 4.98 Å². The van der Waals surface area contributed by atoms with Crippen LogP contribution in [0.4, 0.5) is 0 Å². The summed E-state index contributed by atoms with van der Waals surface area (Å²) in [6.45, 7) is 3.91. The third-order valence-electron chi connectivity index (χ3n) is 4.49. The van der Waals surface area contributed by atoms with Crippen LogP contribution in [0.3, 0.4) is 0 Å². The highest BCUT2D eigenvalue weighted by Crippen LogP contribution is 2.33. The highest BCUT2D eigenvalue weighted by Gasteiger charge is 2.37. The van der Waals surface area contributed by atoms with Gasteiger partial charge in [0.1, 0.15) is 9.88 Å². The van der Waals surface area contributed by atoms with Gasteiger partial charge in [0.2, 0.25) is 0 Å². The van der Waals surface area contributed by atoms with E-state index in [0.29, 0.717) is 13.2 Å². The van der Waals surface area contributed by atoms with E-state index in [-0.39, 0.29) is 18.2 Å². The zero-order valence-corrected chi connectivity index (χ0v) is 15.2. The molecule has 1 amide bonds. The molecule has 0 spiro atoms. The molecule has 0 radical (unpaired) electrons. The van der Waals surface area contributed by atoms with E-state index < -0.39 is 0 Å². The molecule has 128 valence electrons. The molecule has 1 unspecified atom stereocenters. The van der Waals surface area contributed by atoms with Gasteiger partial charge < -0.3 is 14.4 Å². The number of ether oxygens (including phenoxy) is 2. The van der Waals surface area contributed by atoms with Crippen molar-refractivity contribution < 1.29 is 14.3 Å². The standard InChI is InChI=1S/C17H20N2O3S2/c1-11-14(24-15(18-11)13-6-4-10-23-13)16(20)19-7-3-2-5-12(19)17-21-8-9-22-17/h4,6,10,12,17H,2-3,5,7-9H2,1H3. The van der Waals surface area contributed by atoms with Crippen LogP contribution in [0.15, 0.2) is 17.5 Å². The van der Waals surface area contributed by atoms with Crippen molar-refractivity contribution in [2.24, 2.45) is 0 Å². The van der Waals surface area contributed by atoms with Crippen molar-refractivity contribution in [2.45, 2.75) is 38.5 Å². The lowest BCUT2D eigenvalue weighted by Crippen LogP contribution is -2.50. The molecule has 5 nitrogen and oxygen atoms in total. The first-order valence-electron chi connectivity index (χ1n) is 8.29. The Hall–Kier alpha value is -1.28. The lowest BCUT2D eigenvalue weighted by Gasteiger charge is -2.37. The Balaban J connectivity index is 1.59. The highest BCUT2D eigenvalue weighted by molar-refractivity contribution is 7.22. The van der Waals surface area contributed by atoms with Crippen molar-refractivity contribution in [3.63, 3.8) is 0 Å². The van der Waals surface area contributed by atoms with Crippen LogP contribution in [-0.4, -0.2) is 47.9 Å². The third-order valence-corrected chi connectivity index (χ3v) is 6.68. The van der Waals surface area contributed by atoms with Crippen LogP contribution in [0.2, 0.25) is 0 Å². The van der Waals surface area contributed by atoms with Crippen molar-refractivity contribution in [1.82, 2.24) is 9.88 Å². The van der Waals surface area contributed by atoms with E-state index in [0.717, 1.165) is 46.3 Å². The van der Waals surface area contributed by atoms with Crippen LogP contribution in [0, 0.1) is 6.92 Å². The number of hydrogen-bond donors (Lipinski definition) is 0. The number of carbonyl (C=O) groups excluding carboxylic acids is 1. The molecule has 2 fully saturated rings. The second-order valence-corrected chi connectivity index (χ2v) is 8.03. The van der Waals surface area contributed by atoms with E-state index in [4.69, 9.17) is 9.47 Å². The van der Waals surface area contributed by atoms with Crippen LogP contribution >= 0.6 is 22.7 Å². The van der Waals surface area contributed by atoms with Gasteiger partial charge in [0.05, 0.1) is 29.8 Å². The highest BCUT2D eigenvalue weighted by atomic mass is 32.1. The maximum absolute atomic E-state index is 13.2. The second-order valence-electron chi connectivity index (χ2n) is 6.08. The van der Waals surface area contributed by atoms with Gasteiger partial charge in [0.15, 0.2) is 6.29 Å². The van der Waals surface area contributed by atoms with Gasteiger partial charge in [-0.2, -0.15) is 0 Å². The summed E-state index contributed by atoms with van der Waals surface area (Å²) in [4.78, 5) is 21.6. The van der Waals surface area contributed by atoms with Crippen LogP contribution < -0.4 is 0 Å². The average Bonchev–Trinajstić information content (AvgIpc) is 3.35. The smallest absolute Gasteiger partial charge is 0.266 e. The zero-order valence-electron chi connectivity index (χ0n) is 13.6. The predicted molar refractivity (Wildman–Crippen MR) is 94.5 cm³/mol. The van der Waals surface area contributed by atoms with Crippen LogP contribution in [0.1, 0.15) is 34.6 Å². The molecule has 0 aromatic carbocycles. The molecule has 4 heterocycles. The Morgan fingerprint density at radius 1 is 1.33 bits per heavy atom. The molecule has 2 aliphatic rings. The normalized spacial score (nSPS) is 22.2. The minimum Gasteiger partial charge on any atom is -0.348 e. The summed E-state index contributed by atoms with van der Waals surface area (Å²) >= 11 is 3.14. The van der Waals surface area contributed by atoms with E-state index in [1.165, 1.54) is 11.3 Å². The van der Waals surface area contributed by atoms with Gasteiger partial charge in [-0.25, -0.2) is 4.98 Å². The molecular weight excluding hydrogens is 344 g/mol. The molecule has 0 aliphatic carbocycles. The molecule has 4 rings (SSSR count). The van der Waals surface area contributed by atoms with Gasteiger partial charge >= 0.3 is 0 Å². The minimum atomic E-state index is -0.278. The van der Waals surface area contributed by atoms with Gasteiger partial charge in [0, 0.05) is 6.54 Å². The molecule has 2 saturated heterocycles. The number of piperidine rings is 1. The Morgan fingerprint density at radius 2 is 2.17 bits per heavy atom. The molecule has 0 bridgehead atoms. The maximum atomic E-state index is 13.2. The average molecular weight is 364 g/mol. The number of thiophene rings is 1. The number of carbonyl (C=O) groups is 1. The summed E-state index contributed by atoms with van der Waals surface area (Å²) in [5, 5.41) is 2.95. The second kappa shape index (κ2) is 6.92. The number of amides is 1. The zero-order chi connectivity index (χ0) is 16.5. The lowest BCUT2D eigenvalue weighted by atomic mass is 10.0. The first-order valence-corrected chi connectivity index (χ1v) is 9.99. The summed E-state index contributed by atoms with van der Waals surface area (Å²) in [6, 6.07) is 4.06. The molecule has 0 N–H and O–H groups in total. The van der Waals surface area contributed by atoms with E-state index in [1.54, 1.807) is 11.3 Å². The fraction of sp³-hybridized carbons (Fsp3) is 0.529. The Bertz CT molecular complexity index is 707. The van der Waals surface area contributed by atoms with Gasteiger partial charge in [-0.15, -0.1) is 22.7 Å². The number of rotatable bonds is 3. The monoisotopic (exact) mass is 364 g/mol. The quantitative estimate of drug-likeness (QED) is 0.836. The van der Waals surface area contributed by atoms with Crippen LogP contribution in [-0.2, 0) is 9.47 Å². The molecule has 2 aromatic rings. The van der Waals surface area contributed by atoms with Crippen molar-refractivity contribution in [3.05, 3.63) is 28.1 Å². The maximum Gasteiger partial charge on any atom is 0.266 e. The SMILES string of the molecule is Cc1nc(-c2cccs2)sc1C(=O)N1CCCCC1C1OCCO1. The van der Waals surface area contributed by atoms with Gasteiger partial charge in [-0.3, -0.25) is 4.79 Å². The molecule has 2 aromatic heterocycles. The lowest BCUT2D eigenvalue weighted by molar-refractivity contribution is -0.100. The van der Waals surface area contributed by atoms with E-state index in [9.17, 15) is 4.79 Å². The number of aryl methyl sites for hydroxylation is 1. The number of nitrogens with zero attached hydrogens (tertiary/aromatic N) is 2. The van der Waals surface area contributed by atoms with Gasteiger partial charge in [0.25, 0.3) is 5.91 Å². The fourth-order valence-corrected chi connectivity index (χ4v) is 5.14. The molecule has 1 atom stereocenters. The number of aromatic nitrogens is 1. The molecular formula is C17H20N2O3S2. The Kier molecular flexibility index (Phi) is 4.67. The van der Waals surface area contributed by atoms with Crippen molar-refractivity contribution in [2.75, 3.05) is 19.8 Å². The van der Waals surface area contributed by atoms with Crippen molar-refractivity contribution in [1.29, 1.82) is 0 Å². The van der Waals surface area contributed by atoms with E-state index in [1.807, 2.05) is 29.3 Å². The molecule has 0 saturated carbocycles. The first kappa shape index (κ1) is 16.2. The van der Waals surface area contributed by atoms with Gasteiger partial charge in [-0.1, -0.05) is 6.07 Å². The number of thiazole rings is 1. The third kappa shape index (κ3) is 3.01. The predicted octanol–water partition coefficient (Wildman–Crippen LogP) is 3.55. The Labute approximate surface area is 149 Å². The first-order chi connectivity index (χ1) is 11.7. The largest absolute Gasteiger partial charge is 0.348 e. The Morgan fingerprint density at radius 3 is 2.92 bits per heavy atom. The summed E-state index contributed by atoms with van der Waals surface area (Å²) < 4.78 is 11.4. The minimum absolute atomic E-state index is 0.0143. The molecule has 2 aliphatic heterocycles. The molecule has 24 heavy (non-hydrogen) atoms. The van der Waals surface area contributed by atoms with Crippen LogP contribution in [0.25, 0.3) is 9.88 Å². The summed E-state index contributed by atoms with van der Waals surface area (Å²) in [5.41, 5.74) is 0.811. The molecule has 7 heteroatoms. The fourth-order valence-electron chi connectivity index (χ4n) is 3.32. The van der Waals surface area contributed by atoms with Crippen LogP contribution in [0.5, 0.6) is 0 Å². The number of likely N-dealkylation sites (tertiary alicyclic amines) is 1. The summed E-state index contributed by atoms with van der Waals surface area (Å²) in [7, 11) is 0.